The standard InChI is InChI=1S/C4H6O2.CNO/c1-3(2)4(5)6;2-1-3/h1H2,2H3,(H,5,6);/q;-1/p-1. The van der Waals surface area contributed by atoms with Crippen LogP contribution in [-0.4, -0.2) is 12.0 Å². The predicted octanol–water partition coefficient (Wildman–Crippen LogP) is -0.796. The van der Waals surface area contributed by atoms with Gasteiger partial charge in [-0.3, -0.25) is 4.79 Å². The first-order valence-corrected chi connectivity index (χ1v) is 1.94. The minimum atomic E-state index is -1.19. The van der Waals surface area contributed by atoms with Crippen LogP contribution in [0.25, 0.3) is 5.41 Å². The van der Waals surface area contributed by atoms with E-state index in [2.05, 4.69) is 6.58 Å². The van der Waals surface area contributed by atoms with E-state index in [0.717, 1.165) is 0 Å². The summed E-state index contributed by atoms with van der Waals surface area (Å²) in [5.74, 6) is -1.19. The topological polar surface area (TPSA) is 79.5 Å². The minimum Gasteiger partial charge on any atom is -0.724 e. The summed E-state index contributed by atoms with van der Waals surface area (Å²) in [6.45, 7) is 4.48. The van der Waals surface area contributed by atoms with Crippen LogP contribution >= 0.6 is 0 Å². The largest absolute Gasteiger partial charge is 0.724 e. The molecular weight excluding hydrogens is 122 g/mol. The van der Waals surface area contributed by atoms with Gasteiger partial charge in [-0.15, -0.1) is 0 Å². The Morgan fingerprint density at radius 3 is 1.89 bits per heavy atom. The average molecular weight is 127 g/mol. The molecular formula is C5H5NO3-2. The number of rotatable bonds is 1. The molecule has 0 aliphatic carbocycles. The van der Waals surface area contributed by atoms with E-state index >= 15 is 0 Å². The van der Waals surface area contributed by atoms with Gasteiger partial charge in [0.25, 0.3) is 0 Å². The molecule has 0 aromatic rings. The van der Waals surface area contributed by atoms with Gasteiger partial charge in [-0.05, 0) is 18.6 Å². The first-order valence-electron chi connectivity index (χ1n) is 1.94. The Morgan fingerprint density at radius 1 is 1.78 bits per heavy atom. The van der Waals surface area contributed by atoms with Crippen LogP contribution in [0.4, 0.5) is 0 Å². The van der Waals surface area contributed by atoms with E-state index in [-0.39, 0.29) is 5.57 Å². The molecule has 0 bridgehead atoms. The predicted molar refractivity (Wildman–Crippen MR) is 28.9 cm³/mol. The lowest BCUT2D eigenvalue weighted by molar-refractivity contribution is -0.299. The third kappa shape index (κ3) is 20.7. The molecule has 0 saturated carbocycles. The van der Waals surface area contributed by atoms with Crippen molar-refractivity contribution in [3.8, 4) is 0 Å². The Morgan fingerprint density at radius 2 is 1.89 bits per heavy atom. The Hall–Kier alpha value is -1.41. The molecule has 0 unspecified atom stereocenters. The Labute approximate surface area is 52.3 Å². The van der Waals surface area contributed by atoms with E-state index in [0.29, 0.717) is 6.08 Å². The fourth-order valence-corrected chi connectivity index (χ4v) is 0. The third-order valence-corrected chi connectivity index (χ3v) is 0.348. The summed E-state index contributed by atoms with van der Waals surface area (Å²) >= 11 is 0. The number of carboxylic acid groups (broad SMARTS) is 1. The van der Waals surface area contributed by atoms with E-state index in [9.17, 15) is 9.90 Å². The number of carbonyl (C=O) groups is 1. The first-order chi connectivity index (χ1) is 4.06. The van der Waals surface area contributed by atoms with Gasteiger partial charge in [0, 0.05) is 0 Å². The molecule has 9 heavy (non-hydrogen) atoms. The average Bonchev–Trinajstić information content (AvgIpc) is 1.68. The number of hydrogen-bond donors (Lipinski definition) is 0. The Balaban J connectivity index is 0. The van der Waals surface area contributed by atoms with Crippen LogP contribution in [0.5, 0.6) is 0 Å². The minimum absolute atomic E-state index is 0.0648. The number of aliphatic carboxylic acids is 1. The highest BCUT2D eigenvalue weighted by Crippen LogP contribution is 1.77. The van der Waals surface area contributed by atoms with Crippen molar-refractivity contribution >= 4 is 12.0 Å². The second kappa shape index (κ2) is 6.59. The molecule has 0 saturated heterocycles. The lowest BCUT2D eigenvalue weighted by atomic mass is 10.4. The highest BCUT2D eigenvalue weighted by molar-refractivity contribution is 5.82. The molecule has 4 heteroatoms. The van der Waals surface area contributed by atoms with Crippen molar-refractivity contribution in [1.29, 1.82) is 0 Å². The number of nitrogens with zero attached hydrogens (tertiary/aromatic N) is 1. The van der Waals surface area contributed by atoms with Crippen LogP contribution in [0, 0.1) is 0 Å². The normalized spacial score (nSPS) is 5.89. The SMILES string of the molecule is C=C(C)C(=O)[O-].[N-]=C=O. The van der Waals surface area contributed by atoms with E-state index in [1.54, 1.807) is 0 Å². The zero-order valence-corrected chi connectivity index (χ0v) is 4.88. The molecule has 0 heterocycles. The van der Waals surface area contributed by atoms with Gasteiger partial charge in [-0.2, -0.15) is 0 Å². The molecule has 0 aromatic carbocycles. The quantitative estimate of drug-likeness (QED) is 0.263. The van der Waals surface area contributed by atoms with Gasteiger partial charge in [0.2, 0.25) is 0 Å². The fourth-order valence-electron chi connectivity index (χ4n) is 0. The van der Waals surface area contributed by atoms with Crippen molar-refractivity contribution in [3.05, 3.63) is 17.6 Å². The van der Waals surface area contributed by atoms with Crippen molar-refractivity contribution in [2.45, 2.75) is 6.92 Å². The van der Waals surface area contributed by atoms with Crippen molar-refractivity contribution in [2.24, 2.45) is 0 Å². The van der Waals surface area contributed by atoms with E-state index in [1.165, 1.54) is 6.92 Å². The molecule has 0 atom stereocenters. The monoisotopic (exact) mass is 127 g/mol. The summed E-state index contributed by atoms with van der Waals surface area (Å²) in [4.78, 5) is 17.7. The third-order valence-electron chi connectivity index (χ3n) is 0.348. The van der Waals surface area contributed by atoms with Crippen LogP contribution in [0.15, 0.2) is 12.2 Å². The van der Waals surface area contributed by atoms with Gasteiger partial charge >= 0.3 is 0 Å². The molecule has 0 aromatic heterocycles. The maximum atomic E-state index is 9.49. The lowest BCUT2D eigenvalue weighted by Gasteiger charge is -1.93. The molecule has 0 aliphatic rings. The molecule has 0 amide bonds. The van der Waals surface area contributed by atoms with Gasteiger partial charge in [0.05, 0.1) is 5.97 Å². The molecule has 4 nitrogen and oxygen atoms in total. The number of hydrogen-bond acceptors (Lipinski definition) is 3. The molecule has 0 radical (unpaired) electrons. The van der Waals surface area contributed by atoms with Crippen molar-refractivity contribution in [2.75, 3.05) is 0 Å². The van der Waals surface area contributed by atoms with Gasteiger partial charge in [0.15, 0.2) is 0 Å². The first kappa shape index (κ1) is 10.5. The van der Waals surface area contributed by atoms with Crippen molar-refractivity contribution < 1.29 is 14.7 Å². The zero-order chi connectivity index (χ0) is 7.86. The highest BCUT2D eigenvalue weighted by atomic mass is 16.4. The van der Waals surface area contributed by atoms with Crippen LogP contribution in [0.3, 0.4) is 0 Å². The molecule has 0 N–H and O–H groups in total. The van der Waals surface area contributed by atoms with Gasteiger partial charge in [0.1, 0.15) is 0 Å². The number of carboxylic acids is 1. The smallest absolute Gasteiger partial charge is 0.0666 e. The molecule has 0 fully saturated rings. The fraction of sp³-hybridized carbons (Fsp3) is 0.200. The van der Waals surface area contributed by atoms with Crippen molar-refractivity contribution in [3.63, 3.8) is 0 Å². The van der Waals surface area contributed by atoms with Gasteiger partial charge < -0.3 is 15.3 Å². The summed E-state index contributed by atoms with van der Waals surface area (Å²) in [6.07, 6.45) is 0.500. The second-order valence-corrected chi connectivity index (χ2v) is 1.16. The van der Waals surface area contributed by atoms with Gasteiger partial charge in [-0.25, -0.2) is 0 Å². The highest BCUT2D eigenvalue weighted by Gasteiger charge is 1.76. The second-order valence-electron chi connectivity index (χ2n) is 1.16. The van der Waals surface area contributed by atoms with E-state index in [4.69, 9.17) is 10.2 Å². The maximum Gasteiger partial charge on any atom is 0.0666 e. The summed E-state index contributed by atoms with van der Waals surface area (Å²) in [6, 6.07) is 0. The summed E-state index contributed by atoms with van der Waals surface area (Å²) in [5, 5.41) is 16.3. The number of carbonyl (C=O) groups excluding carboxylic acids is 2. The number of isocyanates is 1. The van der Waals surface area contributed by atoms with Gasteiger partial charge in [-0.1, -0.05) is 6.58 Å². The van der Waals surface area contributed by atoms with Crippen LogP contribution in [0.2, 0.25) is 0 Å². The lowest BCUT2D eigenvalue weighted by Crippen LogP contribution is -2.22. The van der Waals surface area contributed by atoms with E-state index < -0.39 is 5.97 Å². The summed E-state index contributed by atoms with van der Waals surface area (Å²) < 4.78 is 0. The Kier molecular flexibility index (Phi) is 7.72. The van der Waals surface area contributed by atoms with Crippen molar-refractivity contribution in [1.82, 2.24) is 0 Å². The summed E-state index contributed by atoms with van der Waals surface area (Å²) in [7, 11) is 0. The summed E-state index contributed by atoms with van der Waals surface area (Å²) in [5.41, 5.74) is 0.0648. The van der Waals surface area contributed by atoms with Crippen LogP contribution < -0.4 is 5.11 Å². The molecule has 50 valence electrons. The van der Waals surface area contributed by atoms with E-state index in [1.807, 2.05) is 0 Å². The Bertz CT molecular complexity index is 132. The zero-order valence-electron chi connectivity index (χ0n) is 4.88. The molecule has 0 rings (SSSR count). The molecule has 0 spiro atoms. The van der Waals surface area contributed by atoms with Crippen LogP contribution in [0.1, 0.15) is 6.92 Å². The molecule has 0 aliphatic heterocycles. The van der Waals surface area contributed by atoms with Crippen LogP contribution in [-0.2, 0) is 9.59 Å². The maximum absolute atomic E-state index is 9.49.